The van der Waals surface area contributed by atoms with Gasteiger partial charge in [0.2, 0.25) is 0 Å². The minimum atomic E-state index is -0.302. The lowest BCUT2D eigenvalue weighted by Gasteiger charge is -2.02. The van der Waals surface area contributed by atoms with Crippen LogP contribution in [0.4, 0.5) is 0 Å². The fourth-order valence-electron chi connectivity index (χ4n) is 2.03. The number of H-pyrrole nitrogens is 1. The molecule has 0 saturated heterocycles. The number of rotatable bonds is 5. The molecule has 0 aliphatic rings. The van der Waals surface area contributed by atoms with E-state index >= 15 is 0 Å². The Labute approximate surface area is 117 Å². The van der Waals surface area contributed by atoms with E-state index in [0.717, 1.165) is 5.56 Å². The van der Waals surface area contributed by atoms with Crippen LogP contribution in [-0.2, 0) is 16.0 Å². The van der Waals surface area contributed by atoms with Gasteiger partial charge in [0.1, 0.15) is 0 Å². The van der Waals surface area contributed by atoms with Crippen LogP contribution in [0.1, 0.15) is 34.1 Å². The van der Waals surface area contributed by atoms with Crippen LogP contribution in [0.2, 0.25) is 0 Å². The zero-order valence-corrected chi connectivity index (χ0v) is 11.6. The number of aromatic amines is 1. The number of hydrogen-bond acceptors (Lipinski definition) is 3. The van der Waals surface area contributed by atoms with Crippen molar-refractivity contribution in [3.63, 3.8) is 0 Å². The Morgan fingerprint density at radius 3 is 2.70 bits per heavy atom. The van der Waals surface area contributed by atoms with Crippen molar-refractivity contribution in [2.24, 2.45) is 0 Å². The lowest BCUT2D eigenvalue weighted by atomic mass is 10.0. The minimum Gasteiger partial charge on any atom is -0.466 e. The summed E-state index contributed by atoms with van der Waals surface area (Å²) in [5.74, 6) is -0.348. The van der Waals surface area contributed by atoms with Gasteiger partial charge in [-0.15, -0.1) is 0 Å². The number of benzene rings is 1. The van der Waals surface area contributed by atoms with Gasteiger partial charge in [-0.05, 0) is 25.5 Å². The summed E-state index contributed by atoms with van der Waals surface area (Å²) in [4.78, 5) is 26.7. The SMILES string of the molecule is CCOC(=O)Cc1cc(C(=O)c2ccccc2C)c[nH]1. The summed E-state index contributed by atoms with van der Waals surface area (Å²) in [5.41, 5.74) is 2.85. The number of carbonyl (C=O) groups excluding carboxylic acids is 2. The van der Waals surface area contributed by atoms with Crippen LogP contribution in [0.5, 0.6) is 0 Å². The summed E-state index contributed by atoms with van der Waals surface area (Å²) in [6, 6.07) is 9.14. The molecule has 0 fully saturated rings. The number of aromatic nitrogens is 1. The maximum absolute atomic E-state index is 12.4. The van der Waals surface area contributed by atoms with E-state index in [4.69, 9.17) is 4.74 Å². The highest BCUT2D eigenvalue weighted by Crippen LogP contribution is 2.15. The molecule has 0 amide bonds. The van der Waals surface area contributed by atoms with Gasteiger partial charge < -0.3 is 9.72 Å². The normalized spacial score (nSPS) is 10.3. The quantitative estimate of drug-likeness (QED) is 0.672. The van der Waals surface area contributed by atoms with Crippen LogP contribution in [0.25, 0.3) is 0 Å². The molecule has 0 unspecified atom stereocenters. The number of carbonyl (C=O) groups is 2. The van der Waals surface area contributed by atoms with E-state index in [1.165, 1.54) is 0 Å². The lowest BCUT2D eigenvalue weighted by molar-refractivity contribution is -0.142. The van der Waals surface area contributed by atoms with E-state index in [0.29, 0.717) is 23.4 Å². The number of esters is 1. The summed E-state index contributed by atoms with van der Waals surface area (Å²) >= 11 is 0. The van der Waals surface area contributed by atoms with Crippen LogP contribution in [0.15, 0.2) is 36.5 Å². The Hall–Kier alpha value is -2.36. The number of aryl methyl sites for hydroxylation is 1. The molecule has 1 aromatic heterocycles. The van der Waals surface area contributed by atoms with E-state index in [1.54, 1.807) is 25.3 Å². The first kappa shape index (κ1) is 14.1. The zero-order chi connectivity index (χ0) is 14.5. The fourth-order valence-corrected chi connectivity index (χ4v) is 2.03. The first-order valence-electron chi connectivity index (χ1n) is 6.55. The summed E-state index contributed by atoms with van der Waals surface area (Å²) in [6.07, 6.45) is 1.78. The van der Waals surface area contributed by atoms with E-state index in [-0.39, 0.29) is 18.2 Å². The van der Waals surface area contributed by atoms with E-state index in [2.05, 4.69) is 4.98 Å². The predicted molar refractivity (Wildman–Crippen MR) is 75.7 cm³/mol. The highest BCUT2D eigenvalue weighted by molar-refractivity contribution is 6.09. The van der Waals surface area contributed by atoms with Crippen molar-refractivity contribution in [2.75, 3.05) is 6.61 Å². The van der Waals surface area contributed by atoms with Gasteiger partial charge in [0, 0.05) is 23.0 Å². The van der Waals surface area contributed by atoms with E-state index < -0.39 is 0 Å². The Kier molecular flexibility index (Phi) is 4.35. The maximum Gasteiger partial charge on any atom is 0.311 e. The Morgan fingerprint density at radius 2 is 2.00 bits per heavy atom. The molecule has 0 bridgehead atoms. The molecule has 0 saturated carbocycles. The van der Waals surface area contributed by atoms with Crippen molar-refractivity contribution in [3.05, 3.63) is 58.9 Å². The summed E-state index contributed by atoms with van der Waals surface area (Å²) in [5, 5.41) is 0. The average molecular weight is 271 g/mol. The molecule has 2 rings (SSSR count). The van der Waals surface area contributed by atoms with Crippen molar-refractivity contribution in [1.82, 2.24) is 4.98 Å². The monoisotopic (exact) mass is 271 g/mol. The molecule has 0 aliphatic carbocycles. The van der Waals surface area contributed by atoms with Gasteiger partial charge in [0.05, 0.1) is 13.0 Å². The maximum atomic E-state index is 12.4. The van der Waals surface area contributed by atoms with Crippen LogP contribution in [-0.4, -0.2) is 23.3 Å². The van der Waals surface area contributed by atoms with Crippen molar-refractivity contribution in [2.45, 2.75) is 20.3 Å². The molecule has 20 heavy (non-hydrogen) atoms. The smallest absolute Gasteiger partial charge is 0.311 e. The summed E-state index contributed by atoms with van der Waals surface area (Å²) in [7, 11) is 0. The van der Waals surface area contributed by atoms with Gasteiger partial charge in [-0.3, -0.25) is 9.59 Å². The lowest BCUT2D eigenvalue weighted by Crippen LogP contribution is -2.07. The third kappa shape index (κ3) is 3.15. The molecular formula is C16H17NO3. The average Bonchev–Trinajstić information content (AvgIpc) is 2.87. The van der Waals surface area contributed by atoms with Gasteiger partial charge in [0.25, 0.3) is 0 Å². The highest BCUT2D eigenvalue weighted by atomic mass is 16.5. The van der Waals surface area contributed by atoms with Crippen molar-refractivity contribution in [3.8, 4) is 0 Å². The van der Waals surface area contributed by atoms with Gasteiger partial charge in [0.15, 0.2) is 5.78 Å². The Balaban J connectivity index is 2.15. The first-order valence-corrected chi connectivity index (χ1v) is 6.55. The van der Waals surface area contributed by atoms with Crippen LogP contribution in [0, 0.1) is 6.92 Å². The van der Waals surface area contributed by atoms with Gasteiger partial charge in [-0.2, -0.15) is 0 Å². The van der Waals surface area contributed by atoms with Crippen molar-refractivity contribution < 1.29 is 14.3 Å². The van der Waals surface area contributed by atoms with E-state index in [9.17, 15) is 9.59 Å². The predicted octanol–water partition coefficient (Wildman–Crippen LogP) is 2.66. The van der Waals surface area contributed by atoms with Crippen LogP contribution >= 0.6 is 0 Å². The van der Waals surface area contributed by atoms with Crippen molar-refractivity contribution in [1.29, 1.82) is 0 Å². The molecule has 1 aromatic carbocycles. The highest BCUT2D eigenvalue weighted by Gasteiger charge is 2.14. The summed E-state index contributed by atoms with van der Waals surface area (Å²) < 4.78 is 4.88. The van der Waals surface area contributed by atoms with Crippen LogP contribution < -0.4 is 0 Å². The Morgan fingerprint density at radius 1 is 1.25 bits per heavy atom. The zero-order valence-electron chi connectivity index (χ0n) is 11.6. The second kappa shape index (κ2) is 6.19. The number of nitrogens with one attached hydrogen (secondary N) is 1. The molecule has 2 aromatic rings. The third-order valence-electron chi connectivity index (χ3n) is 3.03. The minimum absolute atomic E-state index is 0.0468. The second-order valence-electron chi connectivity index (χ2n) is 4.54. The molecule has 0 aliphatic heterocycles. The largest absolute Gasteiger partial charge is 0.466 e. The van der Waals surface area contributed by atoms with Gasteiger partial charge in [-0.1, -0.05) is 24.3 Å². The van der Waals surface area contributed by atoms with E-state index in [1.807, 2.05) is 25.1 Å². The topological polar surface area (TPSA) is 59.2 Å². The van der Waals surface area contributed by atoms with Crippen molar-refractivity contribution >= 4 is 11.8 Å². The molecule has 0 radical (unpaired) electrons. The third-order valence-corrected chi connectivity index (χ3v) is 3.03. The molecule has 0 atom stereocenters. The molecule has 4 heteroatoms. The standard InChI is InChI=1S/C16H17NO3/c1-3-20-15(18)9-13-8-12(10-17-13)16(19)14-7-5-4-6-11(14)2/h4-8,10,17H,3,9H2,1-2H3. The van der Waals surface area contributed by atoms with Crippen LogP contribution in [0.3, 0.4) is 0 Å². The molecular weight excluding hydrogens is 254 g/mol. The fraction of sp³-hybridized carbons (Fsp3) is 0.250. The number of ketones is 1. The summed E-state index contributed by atoms with van der Waals surface area (Å²) in [6.45, 7) is 4.02. The molecule has 1 N–H and O–H groups in total. The number of hydrogen-bond donors (Lipinski definition) is 1. The van der Waals surface area contributed by atoms with Gasteiger partial charge in [-0.25, -0.2) is 0 Å². The second-order valence-corrected chi connectivity index (χ2v) is 4.54. The number of ether oxygens (including phenoxy) is 1. The molecule has 4 nitrogen and oxygen atoms in total. The molecule has 0 spiro atoms. The first-order chi connectivity index (χ1) is 9.61. The molecule has 104 valence electrons. The Bertz CT molecular complexity index is 628. The molecule has 1 heterocycles. The van der Waals surface area contributed by atoms with Gasteiger partial charge >= 0.3 is 5.97 Å².